The molecule has 0 amide bonds. The van der Waals surface area contributed by atoms with Crippen LogP contribution in [-0.4, -0.2) is 11.7 Å². The fourth-order valence-corrected chi connectivity index (χ4v) is 2.25. The summed E-state index contributed by atoms with van der Waals surface area (Å²) in [5.74, 6) is 0. The fraction of sp³-hybridized carbons (Fsp3) is 0.250. The molecule has 2 aromatic carbocycles. The van der Waals surface area contributed by atoms with E-state index in [0.717, 1.165) is 16.8 Å². The number of rotatable bonds is 4. The van der Waals surface area contributed by atoms with Gasteiger partial charge in [-0.1, -0.05) is 41.9 Å². The molecule has 0 bridgehead atoms. The molecule has 0 spiro atoms. The van der Waals surface area contributed by atoms with Crippen molar-refractivity contribution >= 4 is 17.3 Å². The Kier molecular flexibility index (Phi) is 4.46. The second-order valence-electron chi connectivity index (χ2n) is 4.74. The lowest BCUT2D eigenvalue weighted by Gasteiger charge is -2.16. The smallest absolute Gasteiger partial charge is 0.0976 e. The van der Waals surface area contributed by atoms with Crippen molar-refractivity contribution in [3.8, 4) is 0 Å². The average molecular weight is 276 g/mol. The Hall–Kier alpha value is -1.51. The first kappa shape index (κ1) is 13.9. The van der Waals surface area contributed by atoms with Gasteiger partial charge in [-0.3, -0.25) is 0 Å². The van der Waals surface area contributed by atoms with Gasteiger partial charge in [-0.25, -0.2) is 0 Å². The number of hydrogen-bond donors (Lipinski definition) is 2. The summed E-state index contributed by atoms with van der Waals surface area (Å²) in [6, 6.07) is 13.6. The molecule has 0 aromatic heterocycles. The number of aryl methyl sites for hydroxylation is 2. The molecule has 0 heterocycles. The quantitative estimate of drug-likeness (QED) is 0.880. The molecule has 1 atom stereocenters. The predicted octanol–water partition coefficient (Wildman–Crippen LogP) is 4.10. The number of nitrogens with one attached hydrogen (secondary N) is 1. The molecule has 0 saturated heterocycles. The molecule has 100 valence electrons. The van der Waals surface area contributed by atoms with E-state index in [1.807, 2.05) is 25.1 Å². The van der Waals surface area contributed by atoms with Crippen molar-refractivity contribution in [3.63, 3.8) is 0 Å². The van der Waals surface area contributed by atoms with E-state index >= 15 is 0 Å². The molecule has 19 heavy (non-hydrogen) atoms. The largest absolute Gasteiger partial charge is 0.387 e. The maximum Gasteiger partial charge on any atom is 0.0976 e. The maximum absolute atomic E-state index is 10.2. The second-order valence-corrected chi connectivity index (χ2v) is 5.14. The van der Waals surface area contributed by atoms with Gasteiger partial charge in [0, 0.05) is 22.8 Å². The first-order valence-electron chi connectivity index (χ1n) is 6.31. The van der Waals surface area contributed by atoms with Crippen molar-refractivity contribution in [1.82, 2.24) is 0 Å². The van der Waals surface area contributed by atoms with Crippen LogP contribution in [0.1, 0.15) is 22.8 Å². The lowest BCUT2D eigenvalue weighted by atomic mass is 10.1. The van der Waals surface area contributed by atoms with Crippen molar-refractivity contribution in [1.29, 1.82) is 0 Å². The van der Waals surface area contributed by atoms with Crippen molar-refractivity contribution < 1.29 is 5.11 Å². The van der Waals surface area contributed by atoms with Crippen LogP contribution in [0.3, 0.4) is 0 Å². The molecule has 0 aliphatic rings. The molecule has 2 nitrogen and oxygen atoms in total. The normalized spacial score (nSPS) is 12.2. The molecule has 0 fully saturated rings. The van der Waals surface area contributed by atoms with Crippen molar-refractivity contribution in [2.45, 2.75) is 20.0 Å². The van der Waals surface area contributed by atoms with Crippen LogP contribution in [0.5, 0.6) is 0 Å². The highest BCUT2D eigenvalue weighted by Crippen LogP contribution is 2.24. The van der Waals surface area contributed by atoms with Gasteiger partial charge >= 0.3 is 0 Å². The number of hydrogen-bond acceptors (Lipinski definition) is 2. The summed E-state index contributed by atoms with van der Waals surface area (Å²) in [7, 11) is 0. The molecule has 2 aromatic rings. The van der Waals surface area contributed by atoms with Crippen LogP contribution in [0.25, 0.3) is 0 Å². The highest BCUT2D eigenvalue weighted by Gasteiger charge is 2.11. The van der Waals surface area contributed by atoms with Crippen LogP contribution in [0.4, 0.5) is 5.69 Å². The van der Waals surface area contributed by atoms with Crippen molar-refractivity contribution in [2.75, 3.05) is 11.9 Å². The highest BCUT2D eigenvalue weighted by molar-refractivity contribution is 6.31. The van der Waals surface area contributed by atoms with Crippen LogP contribution in [0.2, 0.25) is 5.02 Å². The summed E-state index contributed by atoms with van der Waals surface area (Å²) < 4.78 is 0. The first-order chi connectivity index (χ1) is 9.08. The summed E-state index contributed by atoms with van der Waals surface area (Å²) in [6.07, 6.45) is -0.617. The number of benzene rings is 2. The van der Waals surface area contributed by atoms with Crippen molar-refractivity contribution in [2.24, 2.45) is 0 Å². The molecule has 2 N–H and O–H groups in total. The third-order valence-electron chi connectivity index (χ3n) is 3.14. The number of halogens is 1. The van der Waals surface area contributed by atoms with Gasteiger partial charge in [-0.05, 0) is 37.1 Å². The molecular formula is C16H18ClNO. The molecule has 0 aliphatic carbocycles. The lowest BCUT2D eigenvalue weighted by Crippen LogP contribution is -2.13. The molecule has 2 rings (SSSR count). The molecular weight excluding hydrogens is 258 g/mol. The number of aliphatic hydroxyl groups is 1. The van der Waals surface area contributed by atoms with Crippen LogP contribution in [-0.2, 0) is 0 Å². The van der Waals surface area contributed by atoms with E-state index in [-0.39, 0.29) is 0 Å². The van der Waals surface area contributed by atoms with E-state index in [4.69, 9.17) is 11.6 Å². The summed E-state index contributed by atoms with van der Waals surface area (Å²) in [5.41, 5.74) is 4.16. The zero-order valence-corrected chi connectivity index (χ0v) is 11.9. The van der Waals surface area contributed by atoms with Gasteiger partial charge in [0.1, 0.15) is 0 Å². The minimum atomic E-state index is -0.617. The van der Waals surface area contributed by atoms with Crippen LogP contribution in [0.15, 0.2) is 42.5 Å². The average Bonchev–Trinajstić information content (AvgIpc) is 2.40. The Bertz CT molecular complexity index is 568. The molecule has 0 saturated carbocycles. The second kappa shape index (κ2) is 6.09. The van der Waals surface area contributed by atoms with Gasteiger partial charge in [0.25, 0.3) is 0 Å². The fourth-order valence-electron chi connectivity index (χ4n) is 1.99. The monoisotopic (exact) mass is 275 g/mol. The SMILES string of the molecule is Cc1ccc(C)c(NCC(O)c2ccccc2Cl)c1. The first-order valence-corrected chi connectivity index (χ1v) is 6.69. The van der Waals surface area contributed by atoms with E-state index < -0.39 is 6.10 Å². The third-order valence-corrected chi connectivity index (χ3v) is 3.49. The molecule has 0 radical (unpaired) electrons. The van der Waals surface area contributed by atoms with Crippen molar-refractivity contribution in [3.05, 3.63) is 64.2 Å². The van der Waals surface area contributed by atoms with E-state index in [0.29, 0.717) is 11.6 Å². The van der Waals surface area contributed by atoms with Crippen LogP contribution < -0.4 is 5.32 Å². The van der Waals surface area contributed by atoms with Gasteiger partial charge in [0.05, 0.1) is 6.10 Å². The summed E-state index contributed by atoms with van der Waals surface area (Å²) in [5, 5.41) is 14.0. The standard InChI is InChI=1S/C16H18ClNO/c1-11-7-8-12(2)15(9-11)18-10-16(19)13-5-3-4-6-14(13)17/h3-9,16,18-19H,10H2,1-2H3. The van der Waals surface area contributed by atoms with E-state index in [1.165, 1.54) is 5.56 Å². The predicted molar refractivity (Wildman–Crippen MR) is 80.8 cm³/mol. The Morgan fingerprint density at radius 3 is 2.63 bits per heavy atom. The van der Waals surface area contributed by atoms with Crippen LogP contribution in [0, 0.1) is 13.8 Å². The zero-order valence-electron chi connectivity index (χ0n) is 11.2. The maximum atomic E-state index is 10.2. The topological polar surface area (TPSA) is 32.3 Å². The van der Waals surface area contributed by atoms with Gasteiger partial charge in [0.2, 0.25) is 0 Å². The van der Waals surface area contributed by atoms with E-state index in [1.54, 1.807) is 6.07 Å². The molecule has 3 heteroatoms. The highest BCUT2D eigenvalue weighted by atomic mass is 35.5. The number of anilines is 1. The minimum Gasteiger partial charge on any atom is -0.387 e. The lowest BCUT2D eigenvalue weighted by molar-refractivity contribution is 0.191. The summed E-state index contributed by atoms with van der Waals surface area (Å²) in [6.45, 7) is 4.53. The molecule has 0 aliphatic heterocycles. The Morgan fingerprint density at radius 2 is 1.89 bits per heavy atom. The Balaban J connectivity index is 2.06. The minimum absolute atomic E-state index is 0.439. The van der Waals surface area contributed by atoms with Gasteiger partial charge in [-0.2, -0.15) is 0 Å². The van der Waals surface area contributed by atoms with E-state index in [9.17, 15) is 5.11 Å². The van der Waals surface area contributed by atoms with Gasteiger partial charge < -0.3 is 10.4 Å². The summed E-state index contributed by atoms with van der Waals surface area (Å²) in [4.78, 5) is 0. The molecule has 1 unspecified atom stereocenters. The zero-order chi connectivity index (χ0) is 13.8. The summed E-state index contributed by atoms with van der Waals surface area (Å²) >= 11 is 6.07. The van der Waals surface area contributed by atoms with Gasteiger partial charge in [0.15, 0.2) is 0 Å². The van der Waals surface area contributed by atoms with E-state index in [2.05, 4.69) is 30.4 Å². The van der Waals surface area contributed by atoms with Crippen LogP contribution >= 0.6 is 11.6 Å². The Morgan fingerprint density at radius 1 is 1.16 bits per heavy atom. The Labute approximate surface area is 119 Å². The third kappa shape index (κ3) is 3.49. The van der Waals surface area contributed by atoms with Gasteiger partial charge in [-0.15, -0.1) is 0 Å². The number of aliphatic hydroxyl groups excluding tert-OH is 1.